The summed E-state index contributed by atoms with van der Waals surface area (Å²) in [6, 6.07) is 9.34. The van der Waals surface area contributed by atoms with E-state index in [0.29, 0.717) is 22.6 Å². The highest BCUT2D eigenvalue weighted by Crippen LogP contribution is 2.34. The summed E-state index contributed by atoms with van der Waals surface area (Å²) in [4.78, 5) is 12.4. The molecule has 4 atom stereocenters. The molecule has 0 spiro atoms. The molecule has 7 nitrogen and oxygen atoms in total. The van der Waals surface area contributed by atoms with Crippen LogP contribution in [0.4, 0.5) is 5.82 Å². The number of nitrogens with two attached hydrogens (primary N) is 1. The lowest BCUT2D eigenvalue weighted by Crippen LogP contribution is -2.35. The van der Waals surface area contributed by atoms with Gasteiger partial charge < -0.3 is 26.2 Å². The average Bonchev–Trinajstić information content (AvgIpc) is 3.18. The zero-order chi connectivity index (χ0) is 17.4. The Hall–Kier alpha value is -1.84. The molecule has 0 bridgehead atoms. The number of fused-ring (bicyclic) bond motifs is 1. The topological polar surface area (TPSA) is 120 Å². The minimum atomic E-state index is -0.920. The van der Waals surface area contributed by atoms with Crippen LogP contribution in [0.2, 0.25) is 0 Å². The fraction of sp³-hybridized carbons (Fsp3) is 0.294. The number of nitrogens with one attached hydrogen (secondary N) is 2. The van der Waals surface area contributed by atoms with Crippen LogP contribution in [-0.4, -0.2) is 49.2 Å². The zero-order valence-corrected chi connectivity index (χ0v) is 15.4. The highest BCUT2D eigenvalue weighted by Gasteiger charge is 2.42. The third kappa shape index (κ3) is 3.38. The number of aromatic nitrogens is 3. The maximum Gasteiger partial charge on any atom is 0.151 e. The molecule has 1 aliphatic heterocycles. The van der Waals surface area contributed by atoms with Crippen LogP contribution in [-0.2, 0) is 0 Å². The first kappa shape index (κ1) is 18.9. The van der Waals surface area contributed by atoms with Gasteiger partial charge in [0.05, 0.1) is 17.7 Å². The Morgan fingerprint density at radius 1 is 1.12 bits per heavy atom. The Bertz CT molecular complexity index is 878. The molecule has 1 saturated heterocycles. The first-order chi connectivity index (χ1) is 12.1. The van der Waals surface area contributed by atoms with Crippen molar-refractivity contribution in [3.63, 3.8) is 0 Å². The van der Waals surface area contributed by atoms with E-state index in [1.165, 1.54) is 6.33 Å². The van der Waals surface area contributed by atoms with Gasteiger partial charge in [-0.2, -0.15) is 0 Å². The largest absolute Gasteiger partial charge is 0.389 e. The molecule has 1 aromatic carbocycles. The Labute approximate surface area is 160 Å². The maximum atomic E-state index is 10.5. The Balaban J connectivity index is 0.00000196. The summed E-state index contributed by atoms with van der Waals surface area (Å²) in [5.74, 6) is 1.01. The number of aromatic amines is 1. The number of aliphatic hydroxyl groups is 2. The van der Waals surface area contributed by atoms with Gasteiger partial charge in [0.25, 0.3) is 0 Å². The number of hydrogen-bond donors (Lipinski definition) is 5. The number of H-pyrrole nitrogens is 1. The minimum Gasteiger partial charge on any atom is -0.389 e. The quantitative estimate of drug-likeness (QED) is 0.426. The summed E-state index contributed by atoms with van der Waals surface area (Å²) in [6.07, 6.45) is 1.38. The van der Waals surface area contributed by atoms with Crippen molar-refractivity contribution in [3.8, 4) is 0 Å². The summed E-state index contributed by atoms with van der Waals surface area (Å²) in [7, 11) is 0. The van der Waals surface area contributed by atoms with Crippen molar-refractivity contribution < 1.29 is 10.2 Å². The SMILES string of the molecule is Cl.Nc1ncnc2c(C3NC(CSc4ccccc4)C(O)C3O)c[nH]c12. The van der Waals surface area contributed by atoms with Crippen LogP contribution in [0.15, 0.2) is 47.8 Å². The average molecular weight is 394 g/mol. The lowest BCUT2D eigenvalue weighted by molar-refractivity contribution is 0.0308. The highest BCUT2D eigenvalue weighted by molar-refractivity contribution is 7.99. The summed E-state index contributed by atoms with van der Waals surface area (Å²) in [5, 5.41) is 24.3. The van der Waals surface area contributed by atoms with Gasteiger partial charge in [-0.15, -0.1) is 24.2 Å². The normalized spacial score (nSPS) is 25.3. The van der Waals surface area contributed by atoms with E-state index in [1.54, 1.807) is 18.0 Å². The molecule has 0 radical (unpaired) electrons. The monoisotopic (exact) mass is 393 g/mol. The third-order valence-corrected chi connectivity index (χ3v) is 5.66. The molecule has 4 unspecified atom stereocenters. The minimum absolute atomic E-state index is 0. The predicted octanol–water partition coefficient (Wildman–Crippen LogP) is 1.49. The van der Waals surface area contributed by atoms with Gasteiger partial charge in [-0.05, 0) is 12.1 Å². The van der Waals surface area contributed by atoms with Crippen molar-refractivity contribution in [1.29, 1.82) is 0 Å². The molecule has 9 heteroatoms. The van der Waals surface area contributed by atoms with Gasteiger partial charge in [-0.1, -0.05) is 18.2 Å². The Morgan fingerprint density at radius 3 is 2.65 bits per heavy atom. The maximum absolute atomic E-state index is 10.5. The molecule has 6 N–H and O–H groups in total. The number of aliphatic hydroxyl groups excluding tert-OH is 2. The van der Waals surface area contributed by atoms with E-state index in [0.717, 1.165) is 10.5 Å². The molecular weight excluding hydrogens is 374 g/mol. The van der Waals surface area contributed by atoms with E-state index in [-0.39, 0.29) is 18.4 Å². The first-order valence-electron chi connectivity index (χ1n) is 8.02. The molecule has 2 aromatic heterocycles. The second kappa shape index (κ2) is 7.81. The number of thioether (sulfide) groups is 1. The number of hydrogen-bond acceptors (Lipinski definition) is 7. The summed E-state index contributed by atoms with van der Waals surface area (Å²) >= 11 is 1.64. The summed E-state index contributed by atoms with van der Waals surface area (Å²) in [6.45, 7) is 0. The van der Waals surface area contributed by atoms with Crippen molar-refractivity contribution in [3.05, 3.63) is 48.4 Å². The summed E-state index contributed by atoms with van der Waals surface area (Å²) in [5.41, 5.74) is 7.93. The fourth-order valence-electron chi connectivity index (χ4n) is 3.20. The lowest BCUT2D eigenvalue weighted by Gasteiger charge is -2.15. The molecule has 0 aliphatic carbocycles. The van der Waals surface area contributed by atoms with Gasteiger partial charge in [0, 0.05) is 28.5 Å². The van der Waals surface area contributed by atoms with Crippen molar-refractivity contribution in [2.24, 2.45) is 0 Å². The second-order valence-corrected chi connectivity index (χ2v) is 7.18. The van der Waals surface area contributed by atoms with Crippen LogP contribution in [0.1, 0.15) is 11.6 Å². The van der Waals surface area contributed by atoms with Gasteiger partial charge in [0.1, 0.15) is 17.9 Å². The molecule has 138 valence electrons. The first-order valence-corrected chi connectivity index (χ1v) is 9.01. The Morgan fingerprint density at radius 2 is 1.88 bits per heavy atom. The van der Waals surface area contributed by atoms with Crippen molar-refractivity contribution in [1.82, 2.24) is 20.3 Å². The van der Waals surface area contributed by atoms with Crippen LogP contribution in [0.25, 0.3) is 11.0 Å². The van der Waals surface area contributed by atoms with Crippen LogP contribution in [0.5, 0.6) is 0 Å². The van der Waals surface area contributed by atoms with E-state index in [9.17, 15) is 10.2 Å². The highest BCUT2D eigenvalue weighted by atomic mass is 35.5. The molecule has 1 aliphatic rings. The van der Waals surface area contributed by atoms with Crippen molar-refractivity contribution in [2.45, 2.75) is 29.2 Å². The molecule has 26 heavy (non-hydrogen) atoms. The van der Waals surface area contributed by atoms with E-state index < -0.39 is 18.2 Å². The van der Waals surface area contributed by atoms with Gasteiger partial charge in [-0.25, -0.2) is 9.97 Å². The van der Waals surface area contributed by atoms with E-state index in [4.69, 9.17) is 5.73 Å². The van der Waals surface area contributed by atoms with Crippen LogP contribution >= 0.6 is 24.2 Å². The van der Waals surface area contributed by atoms with Crippen LogP contribution in [0.3, 0.4) is 0 Å². The van der Waals surface area contributed by atoms with Gasteiger partial charge in [-0.3, -0.25) is 0 Å². The number of benzene rings is 1. The van der Waals surface area contributed by atoms with Crippen LogP contribution in [0, 0.1) is 0 Å². The number of halogens is 1. The standard InChI is InChI=1S/C17H19N5O2S.ClH/c18-17-14-12(20-8-21-17)10(6-19-14)13-16(24)15(23)11(22-13)7-25-9-4-2-1-3-5-9;/h1-6,8,11,13,15-16,19,22-24H,7H2,(H2,18,20,21);1H. The molecule has 0 amide bonds. The Kier molecular flexibility index (Phi) is 5.69. The van der Waals surface area contributed by atoms with Crippen molar-refractivity contribution >= 4 is 41.0 Å². The summed E-state index contributed by atoms with van der Waals surface area (Å²) < 4.78 is 0. The lowest BCUT2D eigenvalue weighted by atomic mass is 10.0. The fourth-order valence-corrected chi connectivity index (χ4v) is 4.22. The molecule has 1 fully saturated rings. The molecule has 0 saturated carbocycles. The number of anilines is 1. The second-order valence-electron chi connectivity index (χ2n) is 6.08. The number of nitrogens with zero attached hydrogens (tertiary/aromatic N) is 2. The van der Waals surface area contributed by atoms with Gasteiger partial charge >= 0.3 is 0 Å². The molecule has 3 heterocycles. The number of nitrogen functional groups attached to an aromatic ring is 1. The smallest absolute Gasteiger partial charge is 0.151 e. The van der Waals surface area contributed by atoms with Crippen LogP contribution < -0.4 is 11.1 Å². The third-order valence-electron chi connectivity index (χ3n) is 4.53. The zero-order valence-electron chi connectivity index (χ0n) is 13.7. The number of rotatable bonds is 4. The molecule has 4 rings (SSSR count). The van der Waals surface area contributed by atoms with E-state index in [1.807, 2.05) is 30.3 Å². The van der Waals surface area contributed by atoms with Crippen molar-refractivity contribution in [2.75, 3.05) is 11.5 Å². The van der Waals surface area contributed by atoms with Gasteiger partial charge in [0.2, 0.25) is 0 Å². The van der Waals surface area contributed by atoms with E-state index >= 15 is 0 Å². The van der Waals surface area contributed by atoms with Gasteiger partial charge in [0.15, 0.2) is 5.82 Å². The molecular formula is C17H20ClN5O2S. The molecule has 3 aromatic rings. The van der Waals surface area contributed by atoms with E-state index in [2.05, 4.69) is 20.3 Å². The predicted molar refractivity (Wildman–Crippen MR) is 104 cm³/mol.